The Morgan fingerprint density at radius 2 is 2.15 bits per heavy atom. The molecule has 1 aromatic heterocycles. The van der Waals surface area contributed by atoms with Crippen LogP contribution in [0.3, 0.4) is 0 Å². The van der Waals surface area contributed by atoms with E-state index in [0.29, 0.717) is 10.3 Å². The highest BCUT2D eigenvalue weighted by Crippen LogP contribution is 1.99. The minimum Gasteiger partial charge on any atom is -0.336 e. The Morgan fingerprint density at radius 3 is 2.69 bits per heavy atom. The molecule has 0 unspecified atom stereocenters. The number of aromatic nitrogens is 2. The van der Waals surface area contributed by atoms with Gasteiger partial charge in [0.15, 0.2) is 4.77 Å². The topological polar surface area (TPSA) is 48.6 Å². The molecule has 0 aliphatic carbocycles. The van der Waals surface area contributed by atoms with Gasteiger partial charge in [-0.05, 0) is 25.2 Å². The molecule has 0 saturated heterocycles. The minimum atomic E-state index is -0.181. The molecule has 1 aromatic rings. The van der Waals surface area contributed by atoms with Crippen molar-refractivity contribution >= 4 is 18.3 Å². The first-order valence-corrected chi connectivity index (χ1v) is 4.18. The summed E-state index contributed by atoms with van der Waals surface area (Å²) >= 11 is 4.80. The minimum absolute atomic E-state index is 0.181. The van der Waals surface area contributed by atoms with Crippen LogP contribution in [0.4, 0.5) is 0 Å². The molecule has 0 amide bonds. The maximum Gasteiger partial charge on any atom is 0.259 e. The average molecular weight is 194 g/mol. The number of hydrogen-bond donors (Lipinski definition) is 2. The molecule has 13 heavy (non-hydrogen) atoms. The zero-order valence-electron chi connectivity index (χ0n) is 7.26. The summed E-state index contributed by atoms with van der Waals surface area (Å²) in [4.78, 5) is 16.7. The molecule has 0 radical (unpaired) electrons. The molecule has 3 nitrogen and oxygen atoms in total. The fraction of sp³-hybridized carbons (Fsp3) is 0.111. The van der Waals surface area contributed by atoms with Crippen LogP contribution in [-0.4, -0.2) is 9.97 Å². The van der Waals surface area contributed by atoms with Crippen molar-refractivity contribution in [3.05, 3.63) is 45.1 Å². The highest BCUT2D eigenvalue weighted by atomic mass is 32.1. The van der Waals surface area contributed by atoms with Crippen molar-refractivity contribution in [3.63, 3.8) is 0 Å². The molecular formula is C9H10N2OS. The lowest BCUT2D eigenvalue weighted by atomic mass is 10.2. The highest BCUT2D eigenvalue weighted by Gasteiger charge is 1.98. The Kier molecular flexibility index (Phi) is 2.97. The molecule has 0 aliphatic heterocycles. The summed E-state index contributed by atoms with van der Waals surface area (Å²) in [6.45, 7) is 5.32. The Hall–Kier alpha value is -1.42. The van der Waals surface area contributed by atoms with Gasteiger partial charge in [-0.25, -0.2) is 0 Å². The number of rotatable bonds is 2. The summed E-state index contributed by atoms with van der Waals surface area (Å²) in [5.74, 6) is 0. The summed E-state index contributed by atoms with van der Waals surface area (Å²) in [7, 11) is 0. The van der Waals surface area contributed by atoms with Crippen LogP contribution >= 0.6 is 12.2 Å². The van der Waals surface area contributed by atoms with Crippen LogP contribution in [0.15, 0.2) is 23.5 Å². The van der Waals surface area contributed by atoms with E-state index in [1.54, 1.807) is 25.2 Å². The molecule has 0 atom stereocenters. The fourth-order valence-electron chi connectivity index (χ4n) is 0.975. The fourth-order valence-corrected chi connectivity index (χ4v) is 1.22. The number of allylic oxidation sites excluding steroid dienone is 2. The first-order chi connectivity index (χ1) is 6.15. The van der Waals surface area contributed by atoms with Crippen LogP contribution in [-0.2, 0) is 0 Å². The van der Waals surface area contributed by atoms with E-state index in [9.17, 15) is 4.79 Å². The summed E-state index contributed by atoms with van der Waals surface area (Å²) < 4.78 is 0.346. The number of aromatic amines is 2. The molecule has 0 saturated carbocycles. The van der Waals surface area contributed by atoms with Crippen molar-refractivity contribution < 1.29 is 0 Å². The SMILES string of the molecule is C=C/C=C\c1c(C)[nH]c(=S)[nH]c1=O. The lowest BCUT2D eigenvalue weighted by Crippen LogP contribution is -2.12. The van der Waals surface area contributed by atoms with Crippen molar-refractivity contribution in [2.24, 2.45) is 0 Å². The number of H-pyrrole nitrogens is 2. The van der Waals surface area contributed by atoms with Gasteiger partial charge in [0, 0.05) is 5.69 Å². The Balaban J connectivity index is 3.37. The van der Waals surface area contributed by atoms with Crippen molar-refractivity contribution in [1.82, 2.24) is 9.97 Å². The predicted molar refractivity (Wildman–Crippen MR) is 56.2 cm³/mol. The predicted octanol–water partition coefficient (Wildman–Crippen LogP) is 1.94. The molecule has 1 rings (SSSR count). The Morgan fingerprint density at radius 1 is 1.46 bits per heavy atom. The van der Waals surface area contributed by atoms with E-state index in [4.69, 9.17) is 12.2 Å². The van der Waals surface area contributed by atoms with Gasteiger partial charge in [0.2, 0.25) is 0 Å². The smallest absolute Gasteiger partial charge is 0.259 e. The van der Waals surface area contributed by atoms with E-state index < -0.39 is 0 Å². The average Bonchev–Trinajstić information content (AvgIpc) is 2.02. The monoisotopic (exact) mass is 194 g/mol. The summed E-state index contributed by atoms with van der Waals surface area (Å²) in [6.07, 6.45) is 5.00. The largest absolute Gasteiger partial charge is 0.336 e. The van der Waals surface area contributed by atoms with Crippen molar-refractivity contribution in [3.8, 4) is 0 Å². The van der Waals surface area contributed by atoms with Gasteiger partial charge in [-0.2, -0.15) is 0 Å². The lowest BCUT2D eigenvalue weighted by Gasteiger charge is -1.97. The van der Waals surface area contributed by atoms with Crippen LogP contribution in [0.25, 0.3) is 6.08 Å². The Labute approximate surface area is 80.8 Å². The zero-order chi connectivity index (χ0) is 9.84. The third kappa shape index (κ3) is 2.26. The van der Waals surface area contributed by atoms with Crippen LogP contribution in [0.1, 0.15) is 11.3 Å². The van der Waals surface area contributed by atoms with Gasteiger partial charge in [-0.1, -0.05) is 18.7 Å². The summed E-state index contributed by atoms with van der Waals surface area (Å²) in [5, 5.41) is 0. The second-order valence-corrected chi connectivity index (χ2v) is 2.95. The Bertz CT molecular complexity index is 453. The van der Waals surface area contributed by atoms with Gasteiger partial charge in [-0.3, -0.25) is 9.78 Å². The molecule has 0 bridgehead atoms. The van der Waals surface area contributed by atoms with E-state index >= 15 is 0 Å². The molecular weight excluding hydrogens is 184 g/mol. The molecule has 2 N–H and O–H groups in total. The van der Waals surface area contributed by atoms with Crippen molar-refractivity contribution in [2.75, 3.05) is 0 Å². The van der Waals surface area contributed by atoms with E-state index in [1.807, 2.05) is 0 Å². The van der Waals surface area contributed by atoms with Crippen LogP contribution < -0.4 is 5.56 Å². The standard InChI is InChI=1S/C9H10N2OS/c1-3-4-5-7-6(2)10-9(13)11-8(7)12/h3-5H,1H2,2H3,(H2,10,11,12,13)/b5-4-. The number of hydrogen-bond acceptors (Lipinski definition) is 2. The molecule has 0 spiro atoms. The quantitative estimate of drug-likeness (QED) is 0.558. The van der Waals surface area contributed by atoms with Gasteiger partial charge in [-0.15, -0.1) is 0 Å². The molecule has 0 aromatic carbocycles. The van der Waals surface area contributed by atoms with Gasteiger partial charge >= 0.3 is 0 Å². The third-order valence-electron chi connectivity index (χ3n) is 1.58. The third-order valence-corrected chi connectivity index (χ3v) is 1.78. The molecule has 0 aliphatic rings. The molecule has 4 heteroatoms. The van der Waals surface area contributed by atoms with Gasteiger partial charge < -0.3 is 4.98 Å². The maximum absolute atomic E-state index is 11.3. The first kappa shape index (κ1) is 9.67. The molecule has 1 heterocycles. The number of aryl methyl sites for hydroxylation is 1. The van der Waals surface area contributed by atoms with Crippen molar-refractivity contribution in [1.29, 1.82) is 0 Å². The van der Waals surface area contributed by atoms with E-state index in [0.717, 1.165) is 5.69 Å². The van der Waals surface area contributed by atoms with Crippen LogP contribution in [0, 0.1) is 11.7 Å². The van der Waals surface area contributed by atoms with Crippen molar-refractivity contribution in [2.45, 2.75) is 6.92 Å². The van der Waals surface area contributed by atoms with E-state index in [-0.39, 0.29) is 5.56 Å². The van der Waals surface area contributed by atoms with Crippen LogP contribution in [0.2, 0.25) is 0 Å². The second kappa shape index (κ2) is 4.00. The molecule has 0 fully saturated rings. The van der Waals surface area contributed by atoms with E-state index in [2.05, 4.69) is 16.5 Å². The lowest BCUT2D eigenvalue weighted by molar-refractivity contribution is 1.03. The second-order valence-electron chi connectivity index (χ2n) is 2.54. The van der Waals surface area contributed by atoms with Gasteiger partial charge in [0.25, 0.3) is 5.56 Å². The van der Waals surface area contributed by atoms with Crippen LogP contribution in [0.5, 0.6) is 0 Å². The van der Waals surface area contributed by atoms with Gasteiger partial charge in [0.05, 0.1) is 5.56 Å². The summed E-state index contributed by atoms with van der Waals surface area (Å²) in [5.41, 5.74) is 1.15. The summed E-state index contributed by atoms with van der Waals surface area (Å²) in [6, 6.07) is 0. The normalized spacial score (nSPS) is 10.5. The first-order valence-electron chi connectivity index (χ1n) is 3.77. The van der Waals surface area contributed by atoms with Gasteiger partial charge in [0.1, 0.15) is 0 Å². The zero-order valence-corrected chi connectivity index (χ0v) is 8.07. The highest BCUT2D eigenvalue weighted by molar-refractivity contribution is 7.71. The van der Waals surface area contributed by atoms with E-state index in [1.165, 1.54) is 0 Å². The number of nitrogens with one attached hydrogen (secondary N) is 2. The molecule has 68 valence electrons. The maximum atomic E-state index is 11.3.